The maximum Gasteiger partial charge on any atom is 0.222 e. The number of hydrogen-bond donors (Lipinski definition) is 2. The van der Waals surface area contributed by atoms with Crippen LogP contribution in [0, 0.1) is 5.82 Å². The van der Waals surface area contributed by atoms with Crippen LogP contribution in [-0.2, 0) is 11.3 Å². The van der Waals surface area contributed by atoms with Crippen LogP contribution in [0.5, 0.6) is 0 Å². The first-order valence-corrected chi connectivity index (χ1v) is 5.88. The first-order valence-electron chi connectivity index (χ1n) is 5.88. The van der Waals surface area contributed by atoms with Gasteiger partial charge in [-0.05, 0) is 25.3 Å². The number of carbonyl (C=O) groups excluding carboxylic acids is 1. The van der Waals surface area contributed by atoms with E-state index in [1.807, 2.05) is 0 Å². The summed E-state index contributed by atoms with van der Waals surface area (Å²) in [6.45, 7) is 0.224. The monoisotopic (exact) mass is 236 g/mol. The molecular weight excluding hydrogens is 219 g/mol. The van der Waals surface area contributed by atoms with Gasteiger partial charge in [0.25, 0.3) is 0 Å². The van der Waals surface area contributed by atoms with E-state index in [0.29, 0.717) is 12.0 Å². The van der Waals surface area contributed by atoms with Crippen molar-refractivity contribution in [1.82, 2.24) is 5.32 Å². The van der Waals surface area contributed by atoms with Gasteiger partial charge in [0, 0.05) is 24.1 Å². The highest BCUT2D eigenvalue weighted by Gasteiger charge is 2.34. The minimum atomic E-state index is -0.320. The van der Waals surface area contributed by atoms with Crippen molar-refractivity contribution >= 4 is 5.91 Å². The van der Waals surface area contributed by atoms with E-state index in [-0.39, 0.29) is 23.8 Å². The largest absolute Gasteiger partial charge is 0.352 e. The third kappa shape index (κ3) is 3.03. The summed E-state index contributed by atoms with van der Waals surface area (Å²) in [5, 5.41) is 2.71. The lowest BCUT2D eigenvalue weighted by Gasteiger charge is -2.37. The average molecular weight is 236 g/mol. The van der Waals surface area contributed by atoms with Crippen molar-refractivity contribution in [3.63, 3.8) is 0 Å². The molecule has 17 heavy (non-hydrogen) atoms. The van der Waals surface area contributed by atoms with Crippen LogP contribution in [0.3, 0.4) is 0 Å². The number of rotatable bonds is 4. The van der Waals surface area contributed by atoms with Gasteiger partial charge in [0.1, 0.15) is 5.82 Å². The fourth-order valence-electron chi connectivity index (χ4n) is 2.03. The van der Waals surface area contributed by atoms with Gasteiger partial charge >= 0.3 is 0 Å². The molecule has 1 amide bonds. The molecule has 3 N–H and O–H groups in total. The molecule has 0 aromatic heterocycles. The minimum Gasteiger partial charge on any atom is -0.352 e. The number of hydrogen-bond acceptors (Lipinski definition) is 2. The zero-order valence-corrected chi connectivity index (χ0v) is 9.71. The van der Waals surface area contributed by atoms with Crippen LogP contribution in [-0.4, -0.2) is 11.4 Å². The van der Waals surface area contributed by atoms with Crippen molar-refractivity contribution in [3.05, 3.63) is 35.6 Å². The highest BCUT2D eigenvalue weighted by Crippen LogP contribution is 2.31. The molecular formula is C13H17FN2O. The van der Waals surface area contributed by atoms with Crippen LogP contribution in [0.2, 0.25) is 0 Å². The molecule has 2 rings (SSSR count). The summed E-state index contributed by atoms with van der Waals surface area (Å²) in [6.07, 6.45) is 3.23. The van der Waals surface area contributed by atoms with E-state index < -0.39 is 0 Å². The second-order valence-electron chi connectivity index (χ2n) is 4.76. The molecule has 92 valence electrons. The van der Waals surface area contributed by atoms with Gasteiger partial charge in [-0.3, -0.25) is 4.79 Å². The molecule has 0 radical (unpaired) electrons. The summed E-state index contributed by atoms with van der Waals surface area (Å²) in [5.41, 5.74) is 6.15. The first-order chi connectivity index (χ1) is 8.09. The van der Waals surface area contributed by atoms with E-state index in [9.17, 15) is 9.18 Å². The SMILES string of the molecule is NC1(CC(=O)NCc2ccccc2F)CCC1. The molecule has 1 aliphatic rings. The first kappa shape index (κ1) is 12.0. The summed E-state index contributed by atoms with van der Waals surface area (Å²) < 4.78 is 13.3. The topological polar surface area (TPSA) is 55.1 Å². The molecule has 0 saturated heterocycles. The van der Waals surface area contributed by atoms with Crippen molar-refractivity contribution in [3.8, 4) is 0 Å². The van der Waals surface area contributed by atoms with Crippen LogP contribution in [0.1, 0.15) is 31.2 Å². The molecule has 0 aliphatic heterocycles. The Labute approximate surface area is 100 Å². The molecule has 1 saturated carbocycles. The maximum absolute atomic E-state index is 13.3. The number of amides is 1. The van der Waals surface area contributed by atoms with Crippen LogP contribution in [0.25, 0.3) is 0 Å². The Morgan fingerprint density at radius 2 is 2.12 bits per heavy atom. The Morgan fingerprint density at radius 3 is 2.71 bits per heavy atom. The third-order valence-electron chi connectivity index (χ3n) is 3.30. The molecule has 1 aliphatic carbocycles. The molecule has 0 unspecified atom stereocenters. The van der Waals surface area contributed by atoms with Gasteiger partial charge in [-0.1, -0.05) is 18.2 Å². The van der Waals surface area contributed by atoms with Crippen LogP contribution < -0.4 is 11.1 Å². The Morgan fingerprint density at radius 1 is 1.41 bits per heavy atom. The second kappa shape index (κ2) is 4.84. The smallest absolute Gasteiger partial charge is 0.222 e. The summed E-state index contributed by atoms with van der Waals surface area (Å²) in [4.78, 5) is 11.6. The number of nitrogens with two attached hydrogens (primary N) is 1. The van der Waals surface area contributed by atoms with E-state index in [2.05, 4.69) is 5.32 Å². The molecule has 1 fully saturated rings. The summed E-state index contributed by atoms with van der Waals surface area (Å²) in [7, 11) is 0. The Hall–Kier alpha value is -1.42. The van der Waals surface area contributed by atoms with Gasteiger partial charge in [0.15, 0.2) is 0 Å². The van der Waals surface area contributed by atoms with Gasteiger partial charge in [0.05, 0.1) is 0 Å². The Kier molecular flexibility index (Phi) is 3.43. The molecule has 0 bridgehead atoms. The van der Waals surface area contributed by atoms with Crippen molar-refractivity contribution in [2.45, 2.75) is 37.8 Å². The normalized spacial score (nSPS) is 17.3. The van der Waals surface area contributed by atoms with Crippen LogP contribution in [0.4, 0.5) is 4.39 Å². The molecule has 0 atom stereocenters. The van der Waals surface area contributed by atoms with E-state index >= 15 is 0 Å². The number of benzene rings is 1. The van der Waals surface area contributed by atoms with E-state index in [1.54, 1.807) is 18.2 Å². The zero-order valence-electron chi connectivity index (χ0n) is 9.71. The van der Waals surface area contributed by atoms with Crippen molar-refractivity contribution in [1.29, 1.82) is 0 Å². The summed E-state index contributed by atoms with van der Waals surface area (Å²) in [5.74, 6) is -0.394. The third-order valence-corrected chi connectivity index (χ3v) is 3.30. The predicted octanol–water partition coefficient (Wildman–Crippen LogP) is 1.71. The number of nitrogens with one attached hydrogen (secondary N) is 1. The standard InChI is InChI=1S/C13H17FN2O/c14-11-5-2-1-4-10(11)9-16-12(17)8-13(15)6-3-7-13/h1-2,4-5H,3,6-9,15H2,(H,16,17). The summed E-state index contributed by atoms with van der Waals surface area (Å²) >= 11 is 0. The molecule has 4 heteroatoms. The predicted molar refractivity (Wildman–Crippen MR) is 63.6 cm³/mol. The minimum absolute atomic E-state index is 0.101. The van der Waals surface area contributed by atoms with E-state index in [0.717, 1.165) is 19.3 Å². The van der Waals surface area contributed by atoms with E-state index in [1.165, 1.54) is 6.07 Å². The van der Waals surface area contributed by atoms with Gasteiger partial charge in [-0.15, -0.1) is 0 Å². The highest BCUT2D eigenvalue weighted by atomic mass is 19.1. The zero-order chi connectivity index (χ0) is 12.3. The van der Waals surface area contributed by atoms with Crippen molar-refractivity contribution < 1.29 is 9.18 Å². The van der Waals surface area contributed by atoms with E-state index in [4.69, 9.17) is 5.73 Å². The van der Waals surface area contributed by atoms with Crippen molar-refractivity contribution in [2.24, 2.45) is 5.73 Å². The molecule has 1 aromatic carbocycles. The molecule has 0 heterocycles. The van der Waals surface area contributed by atoms with Crippen LogP contribution in [0.15, 0.2) is 24.3 Å². The van der Waals surface area contributed by atoms with Gasteiger partial charge in [0.2, 0.25) is 5.91 Å². The summed E-state index contributed by atoms with van der Waals surface area (Å²) in [6, 6.07) is 6.43. The van der Waals surface area contributed by atoms with Crippen molar-refractivity contribution in [2.75, 3.05) is 0 Å². The number of halogens is 1. The maximum atomic E-state index is 13.3. The average Bonchev–Trinajstić information content (AvgIpc) is 2.26. The second-order valence-corrected chi connectivity index (χ2v) is 4.76. The Bertz CT molecular complexity index is 416. The lowest BCUT2D eigenvalue weighted by molar-refractivity contribution is -0.123. The van der Waals surface area contributed by atoms with Gasteiger partial charge in [-0.2, -0.15) is 0 Å². The molecule has 3 nitrogen and oxygen atoms in total. The lowest BCUT2D eigenvalue weighted by atomic mass is 9.75. The lowest BCUT2D eigenvalue weighted by Crippen LogP contribution is -2.49. The Balaban J connectivity index is 1.82. The van der Waals surface area contributed by atoms with Gasteiger partial charge in [-0.25, -0.2) is 4.39 Å². The molecule has 0 spiro atoms. The number of carbonyl (C=O) groups is 1. The fraction of sp³-hybridized carbons (Fsp3) is 0.462. The fourth-order valence-corrected chi connectivity index (χ4v) is 2.03. The van der Waals surface area contributed by atoms with Gasteiger partial charge < -0.3 is 11.1 Å². The quantitative estimate of drug-likeness (QED) is 0.836. The highest BCUT2D eigenvalue weighted by molar-refractivity contribution is 5.77. The van der Waals surface area contributed by atoms with Crippen LogP contribution >= 0.6 is 0 Å². The molecule has 1 aromatic rings.